The van der Waals surface area contributed by atoms with E-state index >= 15 is 0 Å². The molecule has 1 fully saturated rings. The molecule has 114 valence electrons. The molecule has 3 nitrogen and oxygen atoms in total. The fraction of sp³-hybridized carbons (Fsp3) is 0.294. The highest BCUT2D eigenvalue weighted by Gasteiger charge is 2.30. The maximum absolute atomic E-state index is 13.0. The zero-order chi connectivity index (χ0) is 15.5. The van der Waals surface area contributed by atoms with Gasteiger partial charge in [0.05, 0.1) is 5.69 Å². The van der Waals surface area contributed by atoms with E-state index in [1.807, 2.05) is 35.2 Å². The maximum atomic E-state index is 13.0. The Labute approximate surface area is 139 Å². The number of amides is 1. The number of aromatic nitrogens is 1. The highest BCUT2D eigenvalue weighted by atomic mass is 35.5. The summed E-state index contributed by atoms with van der Waals surface area (Å²) in [5.41, 5.74) is 1.51. The van der Waals surface area contributed by atoms with Crippen LogP contribution >= 0.6 is 23.2 Å². The largest absolute Gasteiger partial charge is 0.342 e. The first-order valence-electron chi connectivity index (χ1n) is 7.32. The molecule has 0 N–H and O–H groups in total. The van der Waals surface area contributed by atoms with Gasteiger partial charge < -0.3 is 4.90 Å². The zero-order valence-electron chi connectivity index (χ0n) is 12.0. The number of likely N-dealkylation sites (tertiary alicyclic amines) is 1. The summed E-state index contributed by atoms with van der Waals surface area (Å²) in [5.74, 6) is -0.398. The van der Waals surface area contributed by atoms with E-state index in [0.717, 1.165) is 31.5 Å². The average molecular weight is 335 g/mol. The van der Waals surface area contributed by atoms with Crippen molar-refractivity contribution in [1.29, 1.82) is 0 Å². The molecular weight excluding hydrogens is 319 g/mol. The number of carbonyl (C=O) groups excluding carboxylic acids is 1. The summed E-state index contributed by atoms with van der Waals surface area (Å²) < 4.78 is 0. The van der Waals surface area contributed by atoms with E-state index in [1.54, 1.807) is 12.1 Å². The Balaban J connectivity index is 2.03. The van der Waals surface area contributed by atoms with Gasteiger partial charge in [-0.15, -0.1) is 0 Å². The lowest BCUT2D eigenvalue weighted by molar-refractivity contribution is -0.130. The van der Waals surface area contributed by atoms with Crippen LogP contribution in [-0.2, 0) is 4.79 Å². The first kappa shape index (κ1) is 15.3. The van der Waals surface area contributed by atoms with Crippen molar-refractivity contribution < 1.29 is 4.79 Å². The summed E-state index contributed by atoms with van der Waals surface area (Å²) in [6.45, 7) is 1.60. The second-order valence-electron chi connectivity index (χ2n) is 5.41. The van der Waals surface area contributed by atoms with E-state index in [9.17, 15) is 4.79 Å². The molecule has 5 heteroatoms. The van der Waals surface area contributed by atoms with E-state index in [-0.39, 0.29) is 5.91 Å². The molecular formula is C17H16Cl2N2O. The van der Waals surface area contributed by atoms with Gasteiger partial charge >= 0.3 is 0 Å². The van der Waals surface area contributed by atoms with Crippen LogP contribution in [0.2, 0.25) is 10.2 Å². The Morgan fingerprint density at radius 2 is 1.82 bits per heavy atom. The van der Waals surface area contributed by atoms with Gasteiger partial charge in [-0.2, -0.15) is 0 Å². The minimum atomic E-state index is -0.463. The summed E-state index contributed by atoms with van der Waals surface area (Å²) in [7, 11) is 0. The first-order valence-corrected chi connectivity index (χ1v) is 8.07. The van der Waals surface area contributed by atoms with Crippen LogP contribution in [0.1, 0.15) is 30.0 Å². The van der Waals surface area contributed by atoms with E-state index in [0.29, 0.717) is 15.9 Å². The van der Waals surface area contributed by atoms with Crippen molar-refractivity contribution in [2.75, 3.05) is 13.1 Å². The van der Waals surface area contributed by atoms with Gasteiger partial charge in [0, 0.05) is 18.1 Å². The van der Waals surface area contributed by atoms with E-state index in [1.165, 1.54) is 0 Å². The molecule has 2 heterocycles. The second kappa shape index (κ2) is 6.67. The number of carbonyl (C=O) groups is 1. The van der Waals surface area contributed by atoms with Crippen LogP contribution in [0.15, 0.2) is 42.5 Å². The molecule has 0 aliphatic carbocycles. The third kappa shape index (κ3) is 3.26. The zero-order valence-corrected chi connectivity index (χ0v) is 13.5. The fourth-order valence-corrected chi connectivity index (χ4v) is 3.20. The van der Waals surface area contributed by atoms with Crippen molar-refractivity contribution in [2.24, 2.45) is 0 Å². The van der Waals surface area contributed by atoms with Crippen LogP contribution in [0.4, 0.5) is 0 Å². The Bertz CT molecular complexity index is 638. The molecule has 3 rings (SSSR count). The van der Waals surface area contributed by atoms with E-state index in [2.05, 4.69) is 4.98 Å². The first-order chi connectivity index (χ1) is 10.6. The number of nitrogens with zero attached hydrogens (tertiary/aromatic N) is 2. The van der Waals surface area contributed by atoms with Gasteiger partial charge in [-0.05, 0) is 42.7 Å². The number of hydrogen-bond donors (Lipinski definition) is 0. The molecule has 22 heavy (non-hydrogen) atoms. The highest BCUT2D eigenvalue weighted by Crippen LogP contribution is 2.29. The van der Waals surface area contributed by atoms with Crippen molar-refractivity contribution in [3.63, 3.8) is 0 Å². The van der Waals surface area contributed by atoms with Crippen LogP contribution in [0.5, 0.6) is 0 Å². The Morgan fingerprint density at radius 3 is 2.50 bits per heavy atom. The van der Waals surface area contributed by atoms with Crippen LogP contribution in [-0.4, -0.2) is 28.9 Å². The molecule has 0 bridgehead atoms. The second-order valence-corrected chi connectivity index (χ2v) is 6.23. The van der Waals surface area contributed by atoms with Crippen molar-refractivity contribution in [1.82, 2.24) is 9.88 Å². The molecule has 0 spiro atoms. The normalized spacial score (nSPS) is 15.8. The maximum Gasteiger partial charge on any atom is 0.236 e. The van der Waals surface area contributed by atoms with Crippen molar-refractivity contribution in [3.8, 4) is 0 Å². The Kier molecular flexibility index (Phi) is 4.65. The summed E-state index contributed by atoms with van der Waals surface area (Å²) in [6, 6.07) is 12.8. The molecule has 1 saturated heterocycles. The predicted molar refractivity (Wildman–Crippen MR) is 88.4 cm³/mol. The van der Waals surface area contributed by atoms with E-state index in [4.69, 9.17) is 23.2 Å². The van der Waals surface area contributed by atoms with Gasteiger partial charge in [0.2, 0.25) is 5.91 Å². The van der Waals surface area contributed by atoms with Gasteiger partial charge in [0.25, 0.3) is 0 Å². The van der Waals surface area contributed by atoms with Crippen molar-refractivity contribution in [3.05, 3.63) is 63.9 Å². The number of pyridine rings is 1. The van der Waals surface area contributed by atoms with Gasteiger partial charge in [-0.25, -0.2) is 4.98 Å². The number of halogens is 2. The smallest absolute Gasteiger partial charge is 0.236 e. The Morgan fingerprint density at radius 1 is 1.09 bits per heavy atom. The number of hydrogen-bond acceptors (Lipinski definition) is 2. The summed E-state index contributed by atoms with van der Waals surface area (Å²) in [5, 5.41) is 0.998. The molecule has 0 radical (unpaired) electrons. The van der Waals surface area contributed by atoms with Crippen LogP contribution in [0.25, 0.3) is 0 Å². The van der Waals surface area contributed by atoms with E-state index < -0.39 is 5.92 Å². The van der Waals surface area contributed by atoms with Crippen LogP contribution in [0, 0.1) is 0 Å². The summed E-state index contributed by atoms with van der Waals surface area (Å²) in [6.07, 6.45) is 2.11. The lowest BCUT2D eigenvalue weighted by Gasteiger charge is -2.23. The molecule has 1 atom stereocenters. The molecule has 1 amide bonds. The van der Waals surface area contributed by atoms with Gasteiger partial charge in [0.1, 0.15) is 11.1 Å². The standard InChI is InChI=1S/C17H16Cl2N2O/c18-13-6-3-5-12(11-13)16(14-7-4-8-15(19)20-14)17(22)21-9-1-2-10-21/h3-8,11,16H,1-2,9-10H2. The minimum absolute atomic E-state index is 0.0644. The monoisotopic (exact) mass is 334 g/mol. The van der Waals surface area contributed by atoms with Crippen LogP contribution < -0.4 is 0 Å². The van der Waals surface area contributed by atoms with Crippen molar-refractivity contribution in [2.45, 2.75) is 18.8 Å². The number of rotatable bonds is 3. The molecule has 1 unspecified atom stereocenters. The SMILES string of the molecule is O=C(C(c1cccc(Cl)c1)c1cccc(Cl)n1)N1CCCC1. The molecule has 0 saturated carbocycles. The average Bonchev–Trinajstić information content (AvgIpc) is 3.02. The van der Waals surface area contributed by atoms with Gasteiger partial charge in [-0.3, -0.25) is 4.79 Å². The van der Waals surface area contributed by atoms with Crippen LogP contribution in [0.3, 0.4) is 0 Å². The number of benzene rings is 1. The fourth-order valence-electron chi connectivity index (χ4n) is 2.83. The third-order valence-electron chi connectivity index (χ3n) is 3.88. The molecule has 1 aromatic heterocycles. The quantitative estimate of drug-likeness (QED) is 0.790. The summed E-state index contributed by atoms with van der Waals surface area (Å²) >= 11 is 12.1. The van der Waals surface area contributed by atoms with Crippen molar-refractivity contribution >= 4 is 29.1 Å². The van der Waals surface area contributed by atoms with Gasteiger partial charge in [0.15, 0.2) is 0 Å². The summed E-state index contributed by atoms with van der Waals surface area (Å²) in [4.78, 5) is 19.2. The topological polar surface area (TPSA) is 33.2 Å². The lowest BCUT2D eigenvalue weighted by Crippen LogP contribution is -2.33. The minimum Gasteiger partial charge on any atom is -0.342 e. The lowest BCUT2D eigenvalue weighted by atomic mass is 9.93. The molecule has 1 aliphatic heterocycles. The molecule has 1 aliphatic rings. The third-order valence-corrected chi connectivity index (χ3v) is 4.32. The molecule has 1 aromatic carbocycles. The van der Waals surface area contributed by atoms with Gasteiger partial charge in [-0.1, -0.05) is 41.4 Å². The Hall–Kier alpha value is -1.58. The molecule has 2 aromatic rings. The highest BCUT2D eigenvalue weighted by molar-refractivity contribution is 6.30. The predicted octanol–water partition coefficient (Wildman–Crippen LogP) is 4.14.